The molecule has 1 heteroatoms. The highest BCUT2D eigenvalue weighted by molar-refractivity contribution is 5.92. The lowest BCUT2D eigenvalue weighted by Gasteiger charge is -2.27. The van der Waals surface area contributed by atoms with Gasteiger partial charge in [0.25, 0.3) is 0 Å². The van der Waals surface area contributed by atoms with Crippen LogP contribution in [0, 0.1) is 0 Å². The van der Waals surface area contributed by atoms with Gasteiger partial charge >= 0.3 is 0 Å². The summed E-state index contributed by atoms with van der Waals surface area (Å²) in [6, 6.07) is 31.9. The average Bonchev–Trinajstić information content (AvgIpc) is 2.58. The quantitative estimate of drug-likeness (QED) is 0.458. The maximum absolute atomic E-state index is 2.31. The molecule has 100 valence electrons. The van der Waals surface area contributed by atoms with E-state index in [2.05, 4.69) is 95.9 Å². The molecular weight excluding hydrogens is 254 g/mol. The number of nitrogens with zero attached hydrogens (tertiary/aromatic N) is 1. The van der Waals surface area contributed by atoms with Gasteiger partial charge in [-0.25, -0.2) is 0 Å². The molecule has 2 bridgehead atoms. The van der Waals surface area contributed by atoms with Crippen LogP contribution in [0.5, 0.6) is 0 Å². The van der Waals surface area contributed by atoms with Gasteiger partial charge in [0.1, 0.15) is 0 Å². The van der Waals surface area contributed by atoms with E-state index in [1.807, 2.05) is 0 Å². The SMILES string of the molecule is c1ccc(N(c2ccccc2)c2cc3ccc2cc3)cc1. The number of hydrogen-bond donors (Lipinski definition) is 0. The van der Waals surface area contributed by atoms with Crippen LogP contribution >= 0.6 is 0 Å². The van der Waals surface area contributed by atoms with Crippen LogP contribution in [-0.2, 0) is 0 Å². The molecule has 0 fully saturated rings. The van der Waals surface area contributed by atoms with Crippen molar-refractivity contribution < 1.29 is 0 Å². The van der Waals surface area contributed by atoms with Gasteiger partial charge in [0.05, 0.1) is 5.69 Å². The molecule has 5 aromatic rings. The molecule has 5 rings (SSSR count). The molecule has 0 N–H and O–H groups in total. The minimum Gasteiger partial charge on any atom is -0.310 e. The Hall–Kier alpha value is -2.80. The van der Waals surface area contributed by atoms with E-state index in [9.17, 15) is 0 Å². The summed E-state index contributed by atoms with van der Waals surface area (Å²) in [5, 5.41) is 2.49. The van der Waals surface area contributed by atoms with E-state index in [0.29, 0.717) is 0 Å². The molecule has 0 saturated carbocycles. The van der Waals surface area contributed by atoms with Gasteiger partial charge in [0, 0.05) is 11.4 Å². The third-order valence-corrected chi connectivity index (χ3v) is 3.78. The molecule has 0 atom stereocenters. The fourth-order valence-electron chi connectivity index (χ4n) is 2.77. The van der Waals surface area contributed by atoms with E-state index >= 15 is 0 Å². The maximum Gasteiger partial charge on any atom is 0.0539 e. The molecule has 0 unspecified atom stereocenters. The summed E-state index contributed by atoms with van der Waals surface area (Å²) in [5.41, 5.74) is 3.59. The van der Waals surface area contributed by atoms with Crippen molar-refractivity contribution >= 4 is 27.8 Å². The average molecular weight is 269 g/mol. The Labute approximate surface area is 124 Å². The lowest BCUT2D eigenvalue weighted by molar-refractivity contribution is 1.30. The van der Waals surface area contributed by atoms with Crippen LogP contribution in [0.15, 0.2) is 91.0 Å². The van der Waals surface area contributed by atoms with Gasteiger partial charge in [0.15, 0.2) is 0 Å². The number of rotatable bonds is 3. The molecule has 0 aromatic heterocycles. The van der Waals surface area contributed by atoms with Crippen molar-refractivity contribution in [2.75, 3.05) is 4.90 Å². The van der Waals surface area contributed by atoms with E-state index in [0.717, 1.165) is 0 Å². The fourth-order valence-corrected chi connectivity index (χ4v) is 2.77. The van der Waals surface area contributed by atoms with E-state index in [-0.39, 0.29) is 0 Å². The van der Waals surface area contributed by atoms with Crippen molar-refractivity contribution in [3.05, 3.63) is 91.0 Å². The van der Waals surface area contributed by atoms with Crippen LogP contribution in [0.3, 0.4) is 0 Å². The van der Waals surface area contributed by atoms with Crippen LogP contribution in [0.2, 0.25) is 0 Å². The molecule has 5 aromatic carbocycles. The van der Waals surface area contributed by atoms with Crippen LogP contribution in [0.25, 0.3) is 10.8 Å². The summed E-state index contributed by atoms with van der Waals surface area (Å²) in [4.78, 5) is 2.31. The van der Waals surface area contributed by atoms with Gasteiger partial charge in [0.2, 0.25) is 0 Å². The predicted molar refractivity (Wildman–Crippen MR) is 89.8 cm³/mol. The minimum absolute atomic E-state index is 1.18. The van der Waals surface area contributed by atoms with Crippen molar-refractivity contribution in [3.63, 3.8) is 0 Å². The Morgan fingerprint density at radius 2 is 1.05 bits per heavy atom. The Balaban J connectivity index is 1.94. The molecule has 21 heavy (non-hydrogen) atoms. The second-order valence-electron chi connectivity index (χ2n) is 5.16. The first kappa shape index (κ1) is 12.0. The van der Waals surface area contributed by atoms with Crippen molar-refractivity contribution in [3.8, 4) is 0 Å². The summed E-state index contributed by atoms with van der Waals surface area (Å²) < 4.78 is 0. The van der Waals surface area contributed by atoms with Crippen LogP contribution in [0.1, 0.15) is 0 Å². The Kier molecular flexibility index (Phi) is 2.82. The van der Waals surface area contributed by atoms with E-state index < -0.39 is 0 Å². The summed E-state index contributed by atoms with van der Waals surface area (Å²) >= 11 is 0. The van der Waals surface area contributed by atoms with Crippen molar-refractivity contribution in [1.82, 2.24) is 0 Å². The largest absolute Gasteiger partial charge is 0.310 e. The molecule has 0 aliphatic carbocycles. The highest BCUT2D eigenvalue weighted by Crippen LogP contribution is 2.38. The predicted octanol–water partition coefficient (Wildman–Crippen LogP) is 5.75. The second kappa shape index (κ2) is 4.95. The molecule has 1 nitrogen and oxygen atoms in total. The maximum atomic E-state index is 2.31. The highest BCUT2D eigenvalue weighted by atomic mass is 15.1. The molecule has 0 saturated heterocycles. The molecular formula is C20H15N. The Morgan fingerprint density at radius 3 is 1.48 bits per heavy atom. The Morgan fingerprint density at radius 1 is 0.524 bits per heavy atom. The van der Waals surface area contributed by atoms with Crippen molar-refractivity contribution in [1.29, 1.82) is 0 Å². The molecule has 0 heterocycles. The molecule has 0 aliphatic rings. The fraction of sp³-hybridized carbons (Fsp3) is 0. The summed E-state index contributed by atoms with van der Waals surface area (Å²) in [7, 11) is 0. The summed E-state index contributed by atoms with van der Waals surface area (Å²) in [6.45, 7) is 0. The van der Waals surface area contributed by atoms with Crippen molar-refractivity contribution in [2.45, 2.75) is 0 Å². The van der Waals surface area contributed by atoms with Gasteiger partial charge < -0.3 is 4.90 Å². The van der Waals surface area contributed by atoms with E-state index in [4.69, 9.17) is 0 Å². The zero-order valence-corrected chi connectivity index (χ0v) is 11.6. The molecule has 0 radical (unpaired) electrons. The Bertz CT molecular complexity index is 777. The first-order valence-corrected chi connectivity index (χ1v) is 7.14. The smallest absolute Gasteiger partial charge is 0.0539 e. The first-order valence-electron chi connectivity index (χ1n) is 7.14. The summed E-state index contributed by atoms with van der Waals surface area (Å²) in [5.74, 6) is 0. The monoisotopic (exact) mass is 269 g/mol. The second-order valence-corrected chi connectivity index (χ2v) is 5.16. The highest BCUT2D eigenvalue weighted by Gasteiger charge is 2.14. The first-order chi connectivity index (χ1) is 10.4. The van der Waals surface area contributed by atoms with Crippen LogP contribution < -0.4 is 4.90 Å². The number of anilines is 3. The van der Waals surface area contributed by atoms with Gasteiger partial charge in [-0.3, -0.25) is 0 Å². The lowest BCUT2D eigenvalue weighted by atomic mass is 10.1. The number of fused-ring (bicyclic) bond motifs is 3. The van der Waals surface area contributed by atoms with Crippen LogP contribution in [0.4, 0.5) is 17.1 Å². The summed E-state index contributed by atoms with van der Waals surface area (Å²) in [6.07, 6.45) is 0. The minimum atomic E-state index is 1.18. The number of hydrogen-bond acceptors (Lipinski definition) is 1. The van der Waals surface area contributed by atoms with Crippen molar-refractivity contribution in [2.24, 2.45) is 0 Å². The zero-order chi connectivity index (χ0) is 14.1. The molecule has 0 aliphatic heterocycles. The number of para-hydroxylation sites is 2. The topological polar surface area (TPSA) is 3.24 Å². The van der Waals surface area contributed by atoms with E-state index in [1.165, 1.54) is 27.8 Å². The normalized spacial score (nSPS) is 10.9. The number of benzene rings is 5. The van der Waals surface area contributed by atoms with Crippen LogP contribution in [-0.4, -0.2) is 0 Å². The van der Waals surface area contributed by atoms with Gasteiger partial charge in [-0.2, -0.15) is 0 Å². The standard InChI is InChI=1S/C20H15N/c1-3-7-18(8-4-1)21(19-9-5-2-6-10-19)20-15-16-11-13-17(20)14-12-16/h1-15H. The third kappa shape index (κ3) is 2.13. The lowest BCUT2D eigenvalue weighted by Crippen LogP contribution is -2.10. The molecule has 0 spiro atoms. The third-order valence-electron chi connectivity index (χ3n) is 3.78. The van der Waals surface area contributed by atoms with Gasteiger partial charge in [-0.1, -0.05) is 60.7 Å². The van der Waals surface area contributed by atoms with E-state index in [1.54, 1.807) is 0 Å². The zero-order valence-electron chi connectivity index (χ0n) is 11.6. The molecule has 0 amide bonds. The van der Waals surface area contributed by atoms with Gasteiger partial charge in [-0.05, 0) is 41.1 Å². The van der Waals surface area contributed by atoms with Gasteiger partial charge in [-0.15, -0.1) is 0 Å².